The summed E-state index contributed by atoms with van der Waals surface area (Å²) in [5, 5.41) is 3.96. The maximum Gasteiger partial charge on any atom is 0.246 e. The van der Waals surface area contributed by atoms with Crippen molar-refractivity contribution in [2.45, 2.75) is 33.9 Å². The second-order valence-electron chi connectivity index (χ2n) is 8.93. The van der Waals surface area contributed by atoms with Gasteiger partial charge in [0.1, 0.15) is 12.4 Å². The van der Waals surface area contributed by atoms with Crippen LogP contribution in [0.3, 0.4) is 0 Å². The van der Waals surface area contributed by atoms with Crippen molar-refractivity contribution in [3.63, 3.8) is 0 Å². The van der Waals surface area contributed by atoms with Crippen LogP contribution < -0.4 is 9.47 Å². The highest BCUT2D eigenvalue weighted by Crippen LogP contribution is 2.30. The van der Waals surface area contributed by atoms with Gasteiger partial charge < -0.3 is 18.9 Å². The molecule has 2 heterocycles. The largest absolute Gasteiger partial charge is 0.493 e. The van der Waals surface area contributed by atoms with Crippen LogP contribution in [0, 0.1) is 20.8 Å². The Morgan fingerprint density at radius 1 is 1.06 bits per heavy atom. The number of carbonyl (C=O) groups excluding carboxylic acids is 1. The van der Waals surface area contributed by atoms with Gasteiger partial charge in [-0.05, 0) is 50.1 Å². The minimum absolute atomic E-state index is 0.0258. The average Bonchev–Trinajstić information content (AvgIpc) is 3.18. The monoisotopic (exact) mass is 475 g/mol. The van der Waals surface area contributed by atoms with Gasteiger partial charge in [0.2, 0.25) is 5.91 Å². The summed E-state index contributed by atoms with van der Waals surface area (Å²) in [7, 11) is 1.60. The highest BCUT2D eigenvalue weighted by Gasteiger charge is 2.19. The zero-order valence-electron chi connectivity index (χ0n) is 20.9. The molecule has 1 amide bonds. The predicted molar refractivity (Wildman–Crippen MR) is 135 cm³/mol. The Morgan fingerprint density at radius 3 is 2.54 bits per heavy atom. The van der Waals surface area contributed by atoms with Gasteiger partial charge in [-0.15, -0.1) is 0 Å². The molecule has 0 spiro atoms. The number of amides is 1. The lowest BCUT2D eigenvalue weighted by atomic mass is 10.1. The van der Waals surface area contributed by atoms with Crippen LogP contribution in [-0.4, -0.2) is 54.2 Å². The number of carbonyl (C=O) groups is 1. The van der Waals surface area contributed by atoms with E-state index in [2.05, 4.69) is 41.2 Å². The Hall–Kier alpha value is -3.58. The van der Waals surface area contributed by atoms with E-state index in [1.165, 1.54) is 11.1 Å². The van der Waals surface area contributed by atoms with E-state index in [-0.39, 0.29) is 5.91 Å². The van der Waals surface area contributed by atoms with Crippen molar-refractivity contribution in [1.29, 1.82) is 0 Å². The normalized spacial score (nSPS) is 14.5. The van der Waals surface area contributed by atoms with Crippen LogP contribution in [0.4, 0.5) is 0 Å². The van der Waals surface area contributed by atoms with Gasteiger partial charge in [0, 0.05) is 38.8 Å². The number of aromatic nitrogens is 1. The molecule has 35 heavy (non-hydrogen) atoms. The molecule has 0 saturated carbocycles. The van der Waals surface area contributed by atoms with Crippen LogP contribution in [-0.2, 0) is 17.9 Å². The van der Waals surface area contributed by atoms with Crippen LogP contribution in [0.25, 0.3) is 6.08 Å². The van der Waals surface area contributed by atoms with Gasteiger partial charge in [0.15, 0.2) is 11.5 Å². The molecule has 0 N–H and O–H groups in total. The quantitative estimate of drug-likeness (QED) is 0.446. The Balaban J connectivity index is 1.30. The third kappa shape index (κ3) is 6.31. The second kappa shape index (κ2) is 11.2. The molecule has 1 aromatic heterocycles. The topological polar surface area (TPSA) is 68.0 Å². The highest BCUT2D eigenvalue weighted by atomic mass is 16.5. The molecule has 0 unspecified atom stereocenters. The maximum absolute atomic E-state index is 12.8. The molecular formula is C28H33N3O4. The Bertz CT molecular complexity index is 1170. The lowest BCUT2D eigenvalue weighted by Gasteiger charge is -2.34. The van der Waals surface area contributed by atoms with Gasteiger partial charge in [0.25, 0.3) is 0 Å². The van der Waals surface area contributed by atoms with Gasteiger partial charge in [-0.3, -0.25) is 9.69 Å². The van der Waals surface area contributed by atoms with E-state index in [0.29, 0.717) is 18.1 Å². The summed E-state index contributed by atoms with van der Waals surface area (Å²) < 4.78 is 16.6. The summed E-state index contributed by atoms with van der Waals surface area (Å²) in [6.45, 7) is 10.3. The summed E-state index contributed by atoms with van der Waals surface area (Å²) in [5.41, 5.74) is 5.21. The van der Waals surface area contributed by atoms with Crippen LogP contribution in [0.15, 0.2) is 53.1 Å². The fraction of sp³-hybridized carbons (Fsp3) is 0.357. The van der Waals surface area contributed by atoms with Gasteiger partial charge in [0.05, 0.1) is 18.4 Å². The molecular weight excluding hydrogens is 442 g/mol. The van der Waals surface area contributed by atoms with Crippen molar-refractivity contribution < 1.29 is 18.8 Å². The zero-order valence-corrected chi connectivity index (χ0v) is 20.9. The highest BCUT2D eigenvalue weighted by molar-refractivity contribution is 5.92. The number of nitrogens with zero attached hydrogens (tertiary/aromatic N) is 3. The number of benzene rings is 2. The first-order valence-corrected chi connectivity index (χ1v) is 11.9. The van der Waals surface area contributed by atoms with Crippen LogP contribution in [0.2, 0.25) is 0 Å². The molecule has 0 radical (unpaired) electrons. The van der Waals surface area contributed by atoms with E-state index < -0.39 is 0 Å². The number of piperazine rings is 1. The molecule has 0 aliphatic carbocycles. The molecule has 1 aliphatic heterocycles. The third-order valence-corrected chi connectivity index (χ3v) is 6.33. The third-order valence-electron chi connectivity index (χ3n) is 6.33. The first-order chi connectivity index (χ1) is 16.9. The van der Waals surface area contributed by atoms with Gasteiger partial charge >= 0.3 is 0 Å². The number of rotatable bonds is 8. The lowest BCUT2D eigenvalue weighted by molar-refractivity contribution is -0.127. The molecule has 7 nitrogen and oxygen atoms in total. The fourth-order valence-electron chi connectivity index (χ4n) is 4.23. The Morgan fingerprint density at radius 2 is 1.86 bits per heavy atom. The second-order valence-corrected chi connectivity index (χ2v) is 8.93. The van der Waals surface area contributed by atoms with Crippen molar-refractivity contribution in [2.75, 3.05) is 33.3 Å². The van der Waals surface area contributed by atoms with E-state index in [9.17, 15) is 4.79 Å². The Kier molecular flexibility index (Phi) is 7.87. The van der Waals surface area contributed by atoms with E-state index >= 15 is 0 Å². The summed E-state index contributed by atoms with van der Waals surface area (Å²) >= 11 is 0. The SMILES string of the molecule is COc1cc(/C=C/C(=O)N2CCN(Cc3cccc(C)c3)CC2)ccc1OCc1c(C)noc1C. The zero-order chi connectivity index (χ0) is 24.8. The molecule has 7 heteroatoms. The van der Waals surface area contributed by atoms with Gasteiger partial charge in [-0.1, -0.05) is 41.1 Å². The average molecular weight is 476 g/mol. The molecule has 3 aromatic rings. The van der Waals surface area contributed by atoms with Crippen molar-refractivity contribution in [2.24, 2.45) is 0 Å². The van der Waals surface area contributed by atoms with Crippen LogP contribution >= 0.6 is 0 Å². The van der Waals surface area contributed by atoms with Crippen molar-refractivity contribution in [3.05, 3.63) is 82.2 Å². The van der Waals surface area contributed by atoms with E-state index in [0.717, 1.165) is 55.3 Å². The van der Waals surface area contributed by atoms with Crippen molar-refractivity contribution in [3.8, 4) is 11.5 Å². The maximum atomic E-state index is 12.8. The number of ether oxygens (including phenoxy) is 2. The minimum Gasteiger partial charge on any atom is -0.493 e. The molecule has 1 fully saturated rings. The molecule has 1 aliphatic rings. The fourth-order valence-corrected chi connectivity index (χ4v) is 4.23. The summed E-state index contributed by atoms with van der Waals surface area (Å²) in [5.74, 6) is 2.00. The minimum atomic E-state index is 0.0258. The number of methoxy groups -OCH3 is 1. The standard InChI is InChI=1S/C28H33N3O4/c1-20-6-5-7-24(16-20)18-30-12-14-31(15-13-30)28(32)11-9-23-8-10-26(27(17-23)33-4)34-19-25-21(2)29-35-22(25)3/h5-11,16-17H,12-15,18-19H2,1-4H3/b11-9+. The first kappa shape index (κ1) is 24.5. The molecule has 0 atom stereocenters. The summed E-state index contributed by atoms with van der Waals surface area (Å²) in [6.07, 6.45) is 3.46. The Labute approximate surface area is 206 Å². The predicted octanol–water partition coefficient (Wildman–Crippen LogP) is 4.55. The molecule has 4 rings (SSSR count). The molecule has 0 bridgehead atoms. The van der Waals surface area contributed by atoms with Gasteiger partial charge in [-0.25, -0.2) is 0 Å². The summed E-state index contributed by atoms with van der Waals surface area (Å²) in [4.78, 5) is 17.1. The van der Waals surface area contributed by atoms with Crippen molar-refractivity contribution >= 4 is 12.0 Å². The summed E-state index contributed by atoms with van der Waals surface area (Å²) in [6, 6.07) is 14.2. The molecule has 184 valence electrons. The van der Waals surface area contributed by atoms with Crippen LogP contribution in [0.5, 0.6) is 11.5 Å². The number of aryl methyl sites for hydroxylation is 3. The molecule has 2 aromatic carbocycles. The van der Waals surface area contributed by atoms with Crippen molar-refractivity contribution in [1.82, 2.24) is 15.0 Å². The van der Waals surface area contributed by atoms with E-state index in [1.807, 2.05) is 43.0 Å². The van der Waals surface area contributed by atoms with Gasteiger partial charge in [-0.2, -0.15) is 0 Å². The lowest BCUT2D eigenvalue weighted by Crippen LogP contribution is -2.47. The van der Waals surface area contributed by atoms with E-state index in [4.69, 9.17) is 14.0 Å². The van der Waals surface area contributed by atoms with Crippen LogP contribution in [0.1, 0.15) is 33.7 Å². The van der Waals surface area contributed by atoms with E-state index in [1.54, 1.807) is 13.2 Å². The smallest absolute Gasteiger partial charge is 0.246 e. The number of hydrogen-bond acceptors (Lipinski definition) is 6. The molecule has 1 saturated heterocycles. The number of hydrogen-bond donors (Lipinski definition) is 0. The first-order valence-electron chi connectivity index (χ1n) is 11.9.